The van der Waals surface area contributed by atoms with E-state index in [0.29, 0.717) is 25.7 Å². The van der Waals surface area contributed by atoms with E-state index in [0.717, 1.165) is 95.8 Å². The van der Waals surface area contributed by atoms with Crippen LogP contribution in [-0.4, -0.2) is 96.7 Å². The van der Waals surface area contributed by atoms with Gasteiger partial charge in [0, 0.05) is 25.7 Å². The molecule has 2 unspecified atom stereocenters. The summed E-state index contributed by atoms with van der Waals surface area (Å²) < 4.78 is 68.7. The Kier molecular flexibility index (Phi) is 72.5. The average molecular weight is 1470 g/mol. The smallest absolute Gasteiger partial charge is 0.462 e. The molecule has 3 N–H and O–H groups in total. The maximum absolute atomic E-state index is 13.1. The molecule has 17 nitrogen and oxygen atoms in total. The molecule has 0 aliphatic carbocycles. The molecule has 0 amide bonds. The number of carbonyl (C=O) groups is 4. The maximum atomic E-state index is 13.1. The van der Waals surface area contributed by atoms with Gasteiger partial charge in [-0.1, -0.05) is 381 Å². The summed E-state index contributed by atoms with van der Waals surface area (Å²) in [6, 6.07) is 0. The Morgan fingerprint density at radius 2 is 0.460 bits per heavy atom. The SMILES string of the molecule is CCCCCCCCCCCCCCCCCCCCCCCC(=O)O[C@H](COC(=O)CCCCCCCCCCCCCCCCC)COP(=O)(O)OC[C@@H](O)COP(=O)(O)OC[C@@H](COC(=O)CCCCCCCCCCCCCC)OC(=O)CCCCCCCCCCCC(C)C. The highest BCUT2D eigenvalue weighted by atomic mass is 31.2. The number of rotatable bonds is 81. The number of hydrogen-bond acceptors (Lipinski definition) is 15. The summed E-state index contributed by atoms with van der Waals surface area (Å²) in [6.45, 7) is 7.31. The lowest BCUT2D eigenvalue weighted by Crippen LogP contribution is -2.30. The molecule has 0 radical (unpaired) electrons. The van der Waals surface area contributed by atoms with Gasteiger partial charge in [-0.15, -0.1) is 0 Å². The summed E-state index contributed by atoms with van der Waals surface area (Å²) in [5.74, 6) is -1.37. The quantitative estimate of drug-likeness (QED) is 0.0222. The summed E-state index contributed by atoms with van der Waals surface area (Å²) in [5.41, 5.74) is 0. The van der Waals surface area contributed by atoms with E-state index >= 15 is 0 Å². The van der Waals surface area contributed by atoms with Crippen LogP contribution in [0.2, 0.25) is 0 Å². The van der Waals surface area contributed by atoms with Gasteiger partial charge in [-0.25, -0.2) is 9.13 Å². The number of phosphoric acid groups is 2. The van der Waals surface area contributed by atoms with Crippen LogP contribution in [-0.2, 0) is 65.4 Å². The van der Waals surface area contributed by atoms with Gasteiger partial charge in [0.2, 0.25) is 0 Å². The lowest BCUT2D eigenvalue weighted by Gasteiger charge is -2.21. The Morgan fingerprint density at radius 3 is 0.680 bits per heavy atom. The number of carbonyl (C=O) groups excluding carboxylic acids is 4. The second kappa shape index (κ2) is 73.9. The molecule has 0 spiro atoms. The van der Waals surface area contributed by atoms with Crippen molar-refractivity contribution in [2.75, 3.05) is 39.6 Å². The van der Waals surface area contributed by atoms with Gasteiger partial charge in [-0.2, -0.15) is 0 Å². The largest absolute Gasteiger partial charge is 0.472 e. The first-order chi connectivity index (χ1) is 48.5. The number of aliphatic hydroxyl groups is 1. The topological polar surface area (TPSA) is 237 Å². The molecule has 5 atom stereocenters. The monoisotopic (exact) mass is 1470 g/mol. The van der Waals surface area contributed by atoms with Gasteiger partial charge in [0.25, 0.3) is 0 Å². The van der Waals surface area contributed by atoms with E-state index < -0.39 is 97.5 Å². The molecule has 0 heterocycles. The molecule has 0 saturated carbocycles. The van der Waals surface area contributed by atoms with Gasteiger partial charge in [0.05, 0.1) is 26.4 Å². The van der Waals surface area contributed by atoms with Crippen molar-refractivity contribution in [2.45, 2.75) is 451 Å². The molecule has 19 heteroatoms. The fourth-order valence-electron chi connectivity index (χ4n) is 12.6. The molecule has 0 saturated heterocycles. The Morgan fingerprint density at radius 1 is 0.270 bits per heavy atom. The van der Waals surface area contributed by atoms with Crippen molar-refractivity contribution < 1.29 is 80.2 Å². The summed E-state index contributed by atoms with van der Waals surface area (Å²) in [6.07, 6.45) is 65.2. The molecular weight excluding hydrogens is 1310 g/mol. The van der Waals surface area contributed by atoms with Crippen molar-refractivity contribution in [3.63, 3.8) is 0 Å². The average Bonchev–Trinajstić information content (AvgIpc) is 0.940. The fourth-order valence-corrected chi connectivity index (χ4v) is 14.2. The van der Waals surface area contributed by atoms with E-state index in [-0.39, 0.29) is 25.7 Å². The van der Waals surface area contributed by atoms with Crippen LogP contribution in [0.25, 0.3) is 0 Å². The molecule has 0 aliphatic rings. The molecule has 594 valence electrons. The van der Waals surface area contributed by atoms with E-state index in [9.17, 15) is 43.2 Å². The second-order valence-electron chi connectivity index (χ2n) is 29.6. The third-order valence-corrected chi connectivity index (χ3v) is 20.9. The Bertz CT molecular complexity index is 1910. The normalized spacial score (nSPS) is 13.8. The first kappa shape index (κ1) is 98.1. The first-order valence-corrected chi connectivity index (χ1v) is 45.1. The molecule has 0 aromatic rings. The summed E-state index contributed by atoms with van der Waals surface area (Å²) in [4.78, 5) is 73.0. The number of unbranched alkanes of at least 4 members (excludes halogenated alkanes) is 53. The van der Waals surface area contributed by atoms with Crippen molar-refractivity contribution in [3.05, 3.63) is 0 Å². The molecule has 0 bridgehead atoms. The van der Waals surface area contributed by atoms with E-state index in [1.807, 2.05) is 0 Å². The van der Waals surface area contributed by atoms with Crippen molar-refractivity contribution in [2.24, 2.45) is 5.92 Å². The van der Waals surface area contributed by atoms with Crippen LogP contribution in [0.1, 0.15) is 433 Å². The van der Waals surface area contributed by atoms with E-state index in [2.05, 4.69) is 34.6 Å². The van der Waals surface area contributed by atoms with Gasteiger partial charge in [0.1, 0.15) is 19.3 Å². The molecule has 0 aliphatic heterocycles. The van der Waals surface area contributed by atoms with Crippen LogP contribution >= 0.6 is 15.6 Å². The van der Waals surface area contributed by atoms with Crippen molar-refractivity contribution >= 4 is 39.5 Å². The number of phosphoric ester groups is 2. The number of aliphatic hydroxyl groups excluding tert-OH is 1. The van der Waals surface area contributed by atoms with E-state index in [1.165, 1.54) is 257 Å². The third kappa shape index (κ3) is 74.3. The van der Waals surface area contributed by atoms with Gasteiger partial charge in [0.15, 0.2) is 12.2 Å². The van der Waals surface area contributed by atoms with Gasteiger partial charge in [-0.05, 0) is 31.6 Å². The van der Waals surface area contributed by atoms with E-state index in [1.54, 1.807) is 0 Å². The molecule has 0 rings (SSSR count). The van der Waals surface area contributed by atoms with E-state index in [4.69, 9.17) is 37.0 Å². The van der Waals surface area contributed by atoms with Crippen LogP contribution in [0.3, 0.4) is 0 Å². The van der Waals surface area contributed by atoms with Crippen LogP contribution in [0, 0.1) is 5.92 Å². The van der Waals surface area contributed by atoms with Gasteiger partial charge < -0.3 is 33.8 Å². The molecule has 0 aromatic heterocycles. The molecule has 0 aromatic carbocycles. The minimum atomic E-state index is -4.96. The van der Waals surface area contributed by atoms with Crippen molar-refractivity contribution in [1.29, 1.82) is 0 Å². The van der Waals surface area contributed by atoms with Gasteiger partial charge >= 0.3 is 39.5 Å². The maximum Gasteiger partial charge on any atom is 0.472 e. The van der Waals surface area contributed by atoms with Crippen LogP contribution < -0.4 is 0 Å². The van der Waals surface area contributed by atoms with Gasteiger partial charge in [-0.3, -0.25) is 37.3 Å². The standard InChI is InChI=1S/C81H158O17P2/c1-6-9-12-15-18-21-24-27-29-30-31-32-33-34-36-38-41-46-51-56-61-66-80(85)97-76(70-92-79(84)65-60-55-50-45-40-37-35-28-25-22-19-16-13-10-7-2)72-95-99(87,88)93-68-75(82)69-94-100(89,90)96-73-77(98-81(86)67-62-57-52-47-42-43-48-53-58-63-74(4)5)71-91-78(83)64-59-54-49-44-39-26-23-20-17-14-11-8-3/h74-77,82H,6-73H2,1-5H3,(H,87,88)(H,89,90)/t75-,76-,77-/m1/s1. The second-order valence-corrected chi connectivity index (χ2v) is 32.5. The predicted molar refractivity (Wildman–Crippen MR) is 409 cm³/mol. The lowest BCUT2D eigenvalue weighted by molar-refractivity contribution is -0.161. The third-order valence-electron chi connectivity index (χ3n) is 19.0. The highest BCUT2D eigenvalue weighted by Gasteiger charge is 2.30. The zero-order valence-corrected chi connectivity index (χ0v) is 67.1. The fraction of sp³-hybridized carbons (Fsp3) is 0.951. The van der Waals surface area contributed by atoms with Crippen molar-refractivity contribution in [3.8, 4) is 0 Å². The molecule has 0 fully saturated rings. The predicted octanol–water partition coefficient (Wildman–Crippen LogP) is 24.4. The Balaban J connectivity index is 5.22. The number of ether oxygens (including phenoxy) is 4. The lowest BCUT2D eigenvalue weighted by atomic mass is 10.0. The van der Waals surface area contributed by atoms with Crippen molar-refractivity contribution in [1.82, 2.24) is 0 Å². The highest BCUT2D eigenvalue weighted by molar-refractivity contribution is 7.47. The molecule has 100 heavy (non-hydrogen) atoms. The van der Waals surface area contributed by atoms with Crippen LogP contribution in [0.4, 0.5) is 0 Å². The summed E-state index contributed by atoms with van der Waals surface area (Å²) in [5, 5.41) is 10.6. The number of hydrogen-bond donors (Lipinski definition) is 3. The zero-order valence-electron chi connectivity index (χ0n) is 65.3. The molecular formula is C81H158O17P2. The zero-order chi connectivity index (χ0) is 73.4. The minimum absolute atomic E-state index is 0.106. The van der Waals surface area contributed by atoms with Crippen LogP contribution in [0.5, 0.6) is 0 Å². The summed E-state index contributed by atoms with van der Waals surface area (Å²) in [7, 11) is -9.92. The Hall–Kier alpha value is -1.94. The Labute approximate surface area is 613 Å². The minimum Gasteiger partial charge on any atom is -0.462 e. The first-order valence-electron chi connectivity index (χ1n) is 42.1. The number of esters is 4. The highest BCUT2D eigenvalue weighted by Crippen LogP contribution is 2.45. The summed E-state index contributed by atoms with van der Waals surface area (Å²) >= 11 is 0. The van der Waals surface area contributed by atoms with Crippen LogP contribution in [0.15, 0.2) is 0 Å².